The van der Waals surface area contributed by atoms with Crippen molar-refractivity contribution in [1.82, 2.24) is 10.2 Å². The molecule has 1 aliphatic rings. The molecule has 6 heteroatoms. The quantitative estimate of drug-likeness (QED) is 0.803. The number of likely N-dealkylation sites (N-methyl/N-ethyl adjacent to an activating group) is 1. The van der Waals surface area contributed by atoms with Crippen molar-refractivity contribution in [2.24, 2.45) is 0 Å². The first-order chi connectivity index (χ1) is 12.1. The molecule has 2 aromatic carbocycles. The van der Waals surface area contributed by atoms with Gasteiger partial charge in [0.2, 0.25) is 5.91 Å². The predicted octanol–water partition coefficient (Wildman–Crippen LogP) is 2.84. The van der Waals surface area contributed by atoms with Gasteiger partial charge in [-0.05, 0) is 30.8 Å². The third kappa shape index (κ3) is 4.96. The molecule has 3 rings (SSSR count). The lowest BCUT2D eigenvalue weighted by Crippen LogP contribution is -2.43. The summed E-state index contributed by atoms with van der Waals surface area (Å²) in [4.78, 5) is 14.1. The summed E-state index contributed by atoms with van der Waals surface area (Å²) in [5, 5.41) is 2.92. The second-order valence-corrected chi connectivity index (χ2v) is 6.92. The maximum Gasteiger partial charge on any atom is 0.234 e. The van der Waals surface area contributed by atoms with Crippen LogP contribution in [0.25, 0.3) is 0 Å². The molecule has 1 atom stereocenters. The van der Waals surface area contributed by atoms with Crippen molar-refractivity contribution in [3.63, 3.8) is 0 Å². The van der Waals surface area contributed by atoms with Crippen LogP contribution in [0.2, 0.25) is 0 Å². The van der Waals surface area contributed by atoms with Crippen LogP contribution in [-0.4, -0.2) is 43.7 Å². The van der Waals surface area contributed by atoms with Gasteiger partial charge in [-0.2, -0.15) is 0 Å². The highest BCUT2D eigenvalue weighted by Crippen LogP contribution is 2.30. The van der Waals surface area contributed by atoms with E-state index in [2.05, 4.69) is 21.2 Å². The minimum atomic E-state index is -0.174. The molecular formula is C19H21BrN2O3. The van der Waals surface area contributed by atoms with E-state index in [1.165, 1.54) is 0 Å². The lowest BCUT2D eigenvalue weighted by molar-refractivity contribution is -0.122. The van der Waals surface area contributed by atoms with Crippen LogP contribution in [-0.2, 0) is 11.3 Å². The van der Waals surface area contributed by atoms with Crippen molar-refractivity contribution in [3.05, 3.63) is 58.6 Å². The van der Waals surface area contributed by atoms with E-state index in [1.54, 1.807) is 0 Å². The van der Waals surface area contributed by atoms with E-state index in [9.17, 15) is 4.79 Å². The van der Waals surface area contributed by atoms with E-state index in [1.807, 2.05) is 60.5 Å². The zero-order valence-electron chi connectivity index (χ0n) is 14.1. The van der Waals surface area contributed by atoms with E-state index >= 15 is 0 Å². The number of ether oxygens (including phenoxy) is 2. The summed E-state index contributed by atoms with van der Waals surface area (Å²) in [7, 11) is 1.93. The number of benzene rings is 2. The van der Waals surface area contributed by atoms with Crippen LogP contribution in [0.1, 0.15) is 5.56 Å². The van der Waals surface area contributed by atoms with Gasteiger partial charge in [0, 0.05) is 11.0 Å². The van der Waals surface area contributed by atoms with Crippen molar-refractivity contribution in [2.75, 3.05) is 26.7 Å². The predicted molar refractivity (Wildman–Crippen MR) is 99.8 cm³/mol. The third-order valence-electron chi connectivity index (χ3n) is 3.91. The lowest BCUT2D eigenvalue weighted by atomic mass is 10.2. The molecule has 1 amide bonds. The summed E-state index contributed by atoms with van der Waals surface area (Å²) in [5.74, 6) is 1.44. The first kappa shape index (κ1) is 17.8. The Labute approximate surface area is 156 Å². The Kier molecular flexibility index (Phi) is 5.94. The number of nitrogens with one attached hydrogen (secondary N) is 1. The fourth-order valence-corrected chi connectivity index (χ4v) is 3.08. The number of halogens is 1. The molecule has 5 nitrogen and oxygen atoms in total. The zero-order chi connectivity index (χ0) is 17.6. The van der Waals surface area contributed by atoms with Crippen LogP contribution in [0.15, 0.2) is 53.0 Å². The lowest BCUT2D eigenvalue weighted by Gasteiger charge is -2.26. The Balaban J connectivity index is 1.43. The number of hydrogen-bond acceptors (Lipinski definition) is 4. The largest absolute Gasteiger partial charge is 0.486 e. The summed E-state index contributed by atoms with van der Waals surface area (Å²) in [6.45, 7) is 1.89. The van der Waals surface area contributed by atoms with Gasteiger partial charge in [0.25, 0.3) is 0 Å². The zero-order valence-corrected chi connectivity index (χ0v) is 15.7. The van der Waals surface area contributed by atoms with E-state index in [0.29, 0.717) is 26.2 Å². The van der Waals surface area contributed by atoms with Crippen LogP contribution < -0.4 is 14.8 Å². The summed E-state index contributed by atoms with van der Waals surface area (Å²) < 4.78 is 12.5. The van der Waals surface area contributed by atoms with E-state index in [4.69, 9.17) is 9.47 Å². The smallest absolute Gasteiger partial charge is 0.234 e. The summed E-state index contributed by atoms with van der Waals surface area (Å²) in [6.07, 6.45) is -0.174. The molecule has 25 heavy (non-hydrogen) atoms. The monoisotopic (exact) mass is 404 g/mol. The van der Waals surface area contributed by atoms with Crippen LogP contribution in [0.4, 0.5) is 0 Å². The summed E-state index contributed by atoms with van der Waals surface area (Å²) in [6, 6.07) is 15.6. The molecule has 1 aliphatic heterocycles. The molecule has 0 spiro atoms. The maximum atomic E-state index is 12.2. The normalized spacial score (nSPS) is 15.9. The third-order valence-corrected chi connectivity index (χ3v) is 4.68. The average Bonchev–Trinajstić information content (AvgIpc) is 2.62. The van der Waals surface area contributed by atoms with Gasteiger partial charge >= 0.3 is 0 Å². The highest BCUT2D eigenvalue weighted by atomic mass is 79.9. The summed E-state index contributed by atoms with van der Waals surface area (Å²) in [5.41, 5.74) is 1.15. The second-order valence-electron chi connectivity index (χ2n) is 6.07. The Bertz CT molecular complexity index is 738. The molecule has 0 aliphatic carbocycles. The topological polar surface area (TPSA) is 50.8 Å². The van der Waals surface area contributed by atoms with Gasteiger partial charge in [-0.3, -0.25) is 9.69 Å². The molecule has 1 unspecified atom stereocenters. The number of hydrogen-bond donors (Lipinski definition) is 1. The minimum Gasteiger partial charge on any atom is -0.486 e. The van der Waals surface area contributed by atoms with Crippen LogP contribution >= 0.6 is 15.9 Å². The number of rotatable bonds is 6. The van der Waals surface area contributed by atoms with Crippen molar-refractivity contribution < 1.29 is 14.3 Å². The molecule has 1 heterocycles. The number of fused-ring (bicyclic) bond motifs is 1. The molecule has 2 aromatic rings. The molecule has 0 bridgehead atoms. The highest BCUT2D eigenvalue weighted by Gasteiger charge is 2.21. The van der Waals surface area contributed by atoms with Crippen LogP contribution in [0.3, 0.4) is 0 Å². The van der Waals surface area contributed by atoms with Gasteiger partial charge in [-0.1, -0.05) is 46.3 Å². The number of para-hydroxylation sites is 2. The molecule has 0 saturated carbocycles. The van der Waals surface area contributed by atoms with Gasteiger partial charge in [-0.25, -0.2) is 0 Å². The van der Waals surface area contributed by atoms with Crippen molar-refractivity contribution in [3.8, 4) is 11.5 Å². The number of amides is 1. The first-order valence-corrected chi connectivity index (χ1v) is 8.98. The van der Waals surface area contributed by atoms with Crippen LogP contribution in [0.5, 0.6) is 11.5 Å². The molecule has 0 radical (unpaired) electrons. The van der Waals surface area contributed by atoms with E-state index in [-0.39, 0.29) is 12.0 Å². The Morgan fingerprint density at radius 1 is 1.20 bits per heavy atom. The number of carbonyl (C=O) groups is 1. The van der Waals surface area contributed by atoms with Crippen molar-refractivity contribution in [1.29, 1.82) is 0 Å². The minimum absolute atomic E-state index is 0.0305. The van der Waals surface area contributed by atoms with Gasteiger partial charge in [0.05, 0.1) is 13.1 Å². The first-order valence-electron chi connectivity index (χ1n) is 8.19. The molecular weight excluding hydrogens is 384 g/mol. The molecule has 0 fully saturated rings. The van der Waals surface area contributed by atoms with Gasteiger partial charge in [0.15, 0.2) is 11.5 Å². The SMILES string of the molecule is CN(CC(=O)NCC1COc2ccccc2O1)Cc1ccccc1Br. The van der Waals surface area contributed by atoms with E-state index < -0.39 is 0 Å². The Hall–Kier alpha value is -2.05. The van der Waals surface area contributed by atoms with Crippen molar-refractivity contribution >= 4 is 21.8 Å². The van der Waals surface area contributed by atoms with Crippen molar-refractivity contribution in [2.45, 2.75) is 12.6 Å². The Morgan fingerprint density at radius 3 is 2.72 bits per heavy atom. The van der Waals surface area contributed by atoms with Crippen LogP contribution in [0, 0.1) is 0 Å². The molecule has 132 valence electrons. The fraction of sp³-hybridized carbons (Fsp3) is 0.316. The van der Waals surface area contributed by atoms with Gasteiger partial charge in [-0.15, -0.1) is 0 Å². The number of nitrogens with zero attached hydrogens (tertiary/aromatic N) is 1. The highest BCUT2D eigenvalue weighted by molar-refractivity contribution is 9.10. The second kappa shape index (κ2) is 8.36. The summed E-state index contributed by atoms with van der Waals surface area (Å²) >= 11 is 3.53. The molecule has 0 aromatic heterocycles. The number of carbonyl (C=O) groups excluding carboxylic acids is 1. The maximum absolute atomic E-state index is 12.2. The molecule has 1 N–H and O–H groups in total. The van der Waals surface area contributed by atoms with Gasteiger partial charge in [0.1, 0.15) is 12.7 Å². The standard InChI is InChI=1S/C19H21BrN2O3/c1-22(11-14-6-2-3-7-16(14)20)12-19(23)21-10-15-13-24-17-8-4-5-9-18(17)25-15/h2-9,15H,10-13H2,1H3,(H,21,23). The van der Waals surface area contributed by atoms with Gasteiger partial charge < -0.3 is 14.8 Å². The average molecular weight is 405 g/mol. The fourth-order valence-electron chi connectivity index (χ4n) is 2.67. The Morgan fingerprint density at radius 2 is 1.92 bits per heavy atom. The van der Waals surface area contributed by atoms with E-state index in [0.717, 1.165) is 21.5 Å². The molecule has 0 saturated heterocycles.